The van der Waals surface area contributed by atoms with Crippen LogP contribution in [0.25, 0.3) is 0 Å². The number of thiophene rings is 2. The highest BCUT2D eigenvalue weighted by atomic mass is 32.2. The fraction of sp³-hybridized carbons (Fsp3) is 0.176. The summed E-state index contributed by atoms with van der Waals surface area (Å²) in [4.78, 5) is 2.66. The Morgan fingerprint density at radius 2 is 0.841 bits per heavy atom. The van der Waals surface area contributed by atoms with Gasteiger partial charge in [-0.05, 0) is 97.8 Å². The second-order valence-electron chi connectivity index (χ2n) is 10.4. The van der Waals surface area contributed by atoms with E-state index >= 15 is 0 Å². The smallest absolute Gasteiger partial charge is 0.249 e. The van der Waals surface area contributed by atoms with Crippen LogP contribution in [0.5, 0.6) is 0 Å². The predicted molar refractivity (Wildman–Crippen MR) is 180 cm³/mol. The van der Waals surface area contributed by atoms with Crippen LogP contribution in [0.4, 0.5) is 0 Å². The first-order valence-electron chi connectivity index (χ1n) is 14.2. The van der Waals surface area contributed by atoms with Crippen molar-refractivity contribution in [3.05, 3.63) is 152 Å². The molecule has 0 aliphatic rings. The van der Waals surface area contributed by atoms with Crippen molar-refractivity contribution < 1.29 is 16.8 Å². The monoisotopic (exact) mass is 662 g/mol. The van der Waals surface area contributed by atoms with E-state index in [9.17, 15) is 16.8 Å². The summed E-state index contributed by atoms with van der Waals surface area (Å²) in [5.41, 5.74) is 4.91. The molecule has 0 bridgehead atoms. The minimum absolute atomic E-state index is 0.417. The summed E-state index contributed by atoms with van der Waals surface area (Å²) in [7, 11) is -6.93. The number of aryl methyl sites for hydroxylation is 6. The number of hydrogen-bond donors (Lipinski definition) is 0. The molecule has 0 amide bonds. The molecule has 0 saturated carbocycles. The van der Waals surface area contributed by atoms with Crippen LogP contribution in [0.1, 0.15) is 32.0 Å². The molecule has 6 nitrogen and oxygen atoms in total. The van der Waals surface area contributed by atoms with Gasteiger partial charge < -0.3 is 0 Å². The Bertz CT molecular complexity index is 1840. The van der Waals surface area contributed by atoms with E-state index in [0.29, 0.717) is 9.79 Å². The Kier molecular flexibility index (Phi) is 10.1. The standard InChI is InChI=1S/2C17H17NO2S2/c2*1-14-4-6-15(7-5-14)8-9-16-17(10-13-21-16)22(19,20)18-11-2-3-12-18/h2*2-7,10-13H,8-9H2,1H3. The molecule has 0 spiro atoms. The van der Waals surface area contributed by atoms with Gasteiger partial charge in [-0.15, -0.1) is 22.7 Å². The summed E-state index contributed by atoms with van der Waals surface area (Å²) < 4.78 is 52.9. The third kappa shape index (κ3) is 7.50. The van der Waals surface area contributed by atoms with Gasteiger partial charge in [0.25, 0.3) is 20.0 Å². The van der Waals surface area contributed by atoms with Gasteiger partial charge >= 0.3 is 0 Å². The molecular formula is C34H34N2O4S4. The summed E-state index contributed by atoms with van der Waals surface area (Å²) in [6, 6.07) is 27.0. The second-order valence-corrected chi connectivity index (χ2v) is 16.0. The highest BCUT2D eigenvalue weighted by Gasteiger charge is 2.22. The maximum atomic E-state index is 12.6. The van der Waals surface area contributed by atoms with Crippen molar-refractivity contribution in [2.45, 2.75) is 49.3 Å². The van der Waals surface area contributed by atoms with Crippen molar-refractivity contribution in [3.8, 4) is 0 Å². The molecule has 0 fully saturated rings. The van der Waals surface area contributed by atoms with Crippen LogP contribution < -0.4 is 0 Å². The van der Waals surface area contributed by atoms with E-state index < -0.39 is 20.0 Å². The highest BCUT2D eigenvalue weighted by molar-refractivity contribution is 7.90. The topological polar surface area (TPSA) is 78.1 Å². The quantitative estimate of drug-likeness (QED) is 0.150. The van der Waals surface area contributed by atoms with Gasteiger partial charge in [-0.25, -0.2) is 24.8 Å². The van der Waals surface area contributed by atoms with Crippen molar-refractivity contribution in [3.63, 3.8) is 0 Å². The van der Waals surface area contributed by atoms with E-state index in [4.69, 9.17) is 0 Å². The second kappa shape index (κ2) is 13.9. The molecule has 6 rings (SSSR count). The summed E-state index contributed by atoms with van der Waals surface area (Å²) in [5, 5.41) is 3.70. The number of benzene rings is 2. The molecule has 10 heteroatoms. The van der Waals surface area contributed by atoms with Crippen LogP contribution in [0, 0.1) is 13.8 Å². The first kappa shape index (κ1) is 31.7. The van der Waals surface area contributed by atoms with E-state index in [1.165, 1.54) is 52.9 Å². The fourth-order valence-corrected chi connectivity index (χ4v) is 9.97. The van der Waals surface area contributed by atoms with Gasteiger partial charge in [-0.1, -0.05) is 59.7 Å². The molecule has 4 aromatic heterocycles. The lowest BCUT2D eigenvalue weighted by Gasteiger charge is -2.07. The molecule has 44 heavy (non-hydrogen) atoms. The van der Waals surface area contributed by atoms with Gasteiger partial charge in [0.15, 0.2) is 0 Å². The van der Waals surface area contributed by atoms with Gasteiger partial charge in [0.1, 0.15) is 9.79 Å². The van der Waals surface area contributed by atoms with Gasteiger partial charge in [0.2, 0.25) is 0 Å². The molecular weight excluding hydrogens is 629 g/mol. The van der Waals surface area contributed by atoms with E-state index in [2.05, 4.69) is 62.4 Å². The van der Waals surface area contributed by atoms with Crippen molar-refractivity contribution in [2.24, 2.45) is 0 Å². The molecule has 4 heterocycles. The predicted octanol–water partition coefficient (Wildman–Crippen LogP) is 7.76. The van der Waals surface area contributed by atoms with Crippen molar-refractivity contribution in [1.29, 1.82) is 0 Å². The minimum Gasteiger partial charge on any atom is -0.249 e. The number of aromatic nitrogens is 2. The van der Waals surface area contributed by atoms with Crippen LogP contribution in [-0.2, 0) is 45.7 Å². The maximum Gasteiger partial charge on any atom is 0.268 e. The Balaban J connectivity index is 0.000000175. The Morgan fingerprint density at radius 1 is 0.500 bits per heavy atom. The summed E-state index contributed by atoms with van der Waals surface area (Å²) in [6.07, 6.45) is 9.41. The molecule has 0 N–H and O–H groups in total. The van der Waals surface area contributed by atoms with Crippen LogP contribution >= 0.6 is 22.7 Å². The van der Waals surface area contributed by atoms with E-state index in [1.54, 1.807) is 61.2 Å². The minimum atomic E-state index is -3.47. The first-order chi connectivity index (χ1) is 21.1. The first-order valence-corrected chi connectivity index (χ1v) is 18.8. The average molecular weight is 663 g/mol. The SMILES string of the molecule is Cc1ccc(CCc2sccc2S(=O)(=O)n2cccc2)cc1.Cc1ccc(CCc2sccc2S(=O)(=O)n2cccc2)cc1. The fourth-order valence-electron chi connectivity index (χ4n) is 4.69. The largest absolute Gasteiger partial charge is 0.268 e. The van der Waals surface area contributed by atoms with Crippen molar-refractivity contribution >= 4 is 42.7 Å². The van der Waals surface area contributed by atoms with Crippen LogP contribution in [0.3, 0.4) is 0 Å². The highest BCUT2D eigenvalue weighted by Crippen LogP contribution is 2.27. The Labute approximate surface area is 268 Å². The van der Waals surface area contributed by atoms with E-state index in [0.717, 1.165) is 35.4 Å². The zero-order chi connectivity index (χ0) is 31.2. The maximum absolute atomic E-state index is 12.6. The lowest BCUT2D eigenvalue weighted by Crippen LogP contribution is -2.11. The van der Waals surface area contributed by atoms with Gasteiger partial charge in [0, 0.05) is 34.5 Å². The van der Waals surface area contributed by atoms with Crippen LogP contribution in [-0.4, -0.2) is 24.8 Å². The number of rotatable bonds is 10. The average Bonchev–Trinajstić information content (AvgIpc) is 3.84. The van der Waals surface area contributed by atoms with Crippen LogP contribution in [0.2, 0.25) is 0 Å². The molecule has 6 aromatic rings. The van der Waals surface area contributed by atoms with Gasteiger partial charge in [-0.3, -0.25) is 0 Å². The molecule has 0 aliphatic heterocycles. The lowest BCUT2D eigenvalue weighted by atomic mass is 10.1. The summed E-state index contributed by atoms with van der Waals surface area (Å²) in [6.45, 7) is 4.12. The zero-order valence-corrected chi connectivity index (χ0v) is 27.8. The molecule has 228 valence electrons. The summed E-state index contributed by atoms with van der Waals surface area (Å²) in [5.74, 6) is 0. The molecule has 0 aliphatic carbocycles. The molecule has 0 atom stereocenters. The van der Waals surface area contributed by atoms with Gasteiger partial charge in [0.05, 0.1) is 0 Å². The molecule has 2 aromatic carbocycles. The third-order valence-electron chi connectivity index (χ3n) is 7.20. The molecule has 0 saturated heterocycles. The van der Waals surface area contributed by atoms with Crippen molar-refractivity contribution in [2.75, 3.05) is 0 Å². The zero-order valence-electron chi connectivity index (χ0n) is 24.5. The number of nitrogens with zero attached hydrogens (tertiary/aromatic N) is 2. The van der Waals surface area contributed by atoms with Crippen LogP contribution in [0.15, 0.2) is 130 Å². The van der Waals surface area contributed by atoms with E-state index in [-0.39, 0.29) is 0 Å². The summed E-state index contributed by atoms with van der Waals surface area (Å²) >= 11 is 3.01. The normalized spacial score (nSPS) is 11.7. The number of hydrogen-bond acceptors (Lipinski definition) is 6. The van der Waals surface area contributed by atoms with Gasteiger partial charge in [-0.2, -0.15) is 0 Å². The lowest BCUT2D eigenvalue weighted by molar-refractivity contribution is 0.585. The Morgan fingerprint density at radius 3 is 1.18 bits per heavy atom. The third-order valence-corrected chi connectivity index (χ3v) is 12.9. The molecule has 0 radical (unpaired) electrons. The molecule has 0 unspecified atom stereocenters. The van der Waals surface area contributed by atoms with E-state index in [1.807, 2.05) is 10.8 Å². The van der Waals surface area contributed by atoms with Crippen molar-refractivity contribution in [1.82, 2.24) is 7.94 Å². The Hall–Kier alpha value is -3.70.